The van der Waals surface area contributed by atoms with Gasteiger partial charge in [-0.15, -0.1) is 0 Å². The minimum atomic E-state index is 0.334. The Bertz CT molecular complexity index is 308. The molecule has 2 fully saturated rings. The normalized spacial score (nSPS) is 24.4. The van der Waals surface area contributed by atoms with Gasteiger partial charge in [0.05, 0.1) is 13.2 Å². The van der Waals surface area contributed by atoms with E-state index >= 15 is 0 Å². The van der Waals surface area contributed by atoms with Gasteiger partial charge in [0.15, 0.2) is 0 Å². The Labute approximate surface area is 132 Å². The van der Waals surface area contributed by atoms with E-state index in [2.05, 4.69) is 44.4 Å². The molecule has 0 aromatic carbocycles. The predicted octanol–water partition coefficient (Wildman–Crippen LogP) is 3.25. The molecule has 0 aromatic heterocycles. The van der Waals surface area contributed by atoms with Crippen LogP contribution in [0.1, 0.15) is 53.9 Å². The minimum Gasteiger partial charge on any atom is -0.379 e. The maximum absolute atomic E-state index is 5.50. The van der Waals surface area contributed by atoms with Crippen molar-refractivity contribution in [3.8, 4) is 0 Å². The topological polar surface area (TPSA) is 15.7 Å². The lowest BCUT2D eigenvalue weighted by Gasteiger charge is -2.44. The summed E-state index contributed by atoms with van der Waals surface area (Å²) in [5, 5.41) is 0. The molecule has 0 radical (unpaired) electrons. The molecule has 0 atom stereocenters. The number of hydrogen-bond acceptors (Lipinski definition) is 3. The van der Waals surface area contributed by atoms with Gasteiger partial charge < -0.3 is 9.64 Å². The van der Waals surface area contributed by atoms with E-state index in [1.807, 2.05) is 0 Å². The molecular formula is C18H36N2O. The summed E-state index contributed by atoms with van der Waals surface area (Å²) in [4.78, 5) is 5.30. The zero-order valence-corrected chi connectivity index (χ0v) is 15.0. The standard InChI is InChI=1S/C18H36N2O/c1-17(2,3)15-19-8-6-16(7-9-19)14-18(4,5)20-10-12-21-13-11-20/h16H,6-15H2,1-5H3. The lowest BCUT2D eigenvalue weighted by atomic mass is 9.82. The number of ether oxygens (including phenoxy) is 1. The number of nitrogens with zero attached hydrogens (tertiary/aromatic N) is 2. The Kier molecular flexibility index (Phi) is 5.72. The molecule has 0 spiro atoms. The summed E-state index contributed by atoms with van der Waals surface area (Å²) in [7, 11) is 0. The van der Waals surface area contributed by atoms with Crippen LogP contribution in [0.25, 0.3) is 0 Å². The Hall–Kier alpha value is -0.120. The van der Waals surface area contributed by atoms with Gasteiger partial charge in [0.1, 0.15) is 0 Å². The van der Waals surface area contributed by atoms with Crippen LogP contribution in [0.5, 0.6) is 0 Å². The maximum atomic E-state index is 5.50. The zero-order chi connectivity index (χ0) is 15.5. The summed E-state index contributed by atoms with van der Waals surface area (Å²) in [5.74, 6) is 0.902. The van der Waals surface area contributed by atoms with Crippen LogP contribution >= 0.6 is 0 Å². The monoisotopic (exact) mass is 296 g/mol. The zero-order valence-electron chi connectivity index (χ0n) is 15.0. The van der Waals surface area contributed by atoms with Crippen LogP contribution in [0.15, 0.2) is 0 Å². The van der Waals surface area contributed by atoms with Crippen molar-refractivity contribution in [3.63, 3.8) is 0 Å². The Morgan fingerprint density at radius 2 is 1.48 bits per heavy atom. The van der Waals surface area contributed by atoms with E-state index in [4.69, 9.17) is 4.74 Å². The average molecular weight is 296 g/mol. The van der Waals surface area contributed by atoms with E-state index in [9.17, 15) is 0 Å². The fourth-order valence-electron chi connectivity index (χ4n) is 4.02. The van der Waals surface area contributed by atoms with E-state index in [0.29, 0.717) is 11.0 Å². The first-order valence-corrected chi connectivity index (χ1v) is 8.81. The molecular weight excluding hydrogens is 260 g/mol. The fraction of sp³-hybridized carbons (Fsp3) is 1.00. The molecule has 2 saturated heterocycles. The molecule has 124 valence electrons. The van der Waals surface area contributed by atoms with Gasteiger partial charge in [0, 0.05) is 25.2 Å². The third-order valence-corrected chi connectivity index (χ3v) is 5.06. The molecule has 0 N–H and O–H groups in total. The van der Waals surface area contributed by atoms with E-state index < -0.39 is 0 Å². The van der Waals surface area contributed by atoms with Crippen LogP contribution < -0.4 is 0 Å². The highest BCUT2D eigenvalue weighted by Crippen LogP contribution is 2.31. The molecule has 3 heteroatoms. The lowest BCUT2D eigenvalue weighted by Crippen LogP contribution is -2.51. The predicted molar refractivity (Wildman–Crippen MR) is 89.7 cm³/mol. The van der Waals surface area contributed by atoms with Crippen molar-refractivity contribution in [2.75, 3.05) is 45.9 Å². The molecule has 3 nitrogen and oxygen atoms in total. The van der Waals surface area contributed by atoms with Crippen molar-refractivity contribution in [1.82, 2.24) is 9.80 Å². The largest absolute Gasteiger partial charge is 0.379 e. The summed E-state index contributed by atoms with van der Waals surface area (Å²) in [5.41, 5.74) is 0.764. The summed E-state index contributed by atoms with van der Waals surface area (Å²) in [6.45, 7) is 19.8. The molecule has 21 heavy (non-hydrogen) atoms. The van der Waals surface area contributed by atoms with Crippen molar-refractivity contribution >= 4 is 0 Å². The first-order chi connectivity index (χ1) is 9.76. The van der Waals surface area contributed by atoms with Gasteiger partial charge in [-0.3, -0.25) is 4.90 Å². The van der Waals surface area contributed by atoms with Gasteiger partial charge in [0.2, 0.25) is 0 Å². The van der Waals surface area contributed by atoms with Crippen LogP contribution in [-0.2, 0) is 4.74 Å². The molecule has 2 rings (SSSR count). The molecule has 0 amide bonds. The van der Waals surface area contributed by atoms with Gasteiger partial charge >= 0.3 is 0 Å². The van der Waals surface area contributed by atoms with E-state index in [1.165, 1.54) is 38.9 Å². The van der Waals surface area contributed by atoms with Crippen LogP contribution in [0, 0.1) is 11.3 Å². The Morgan fingerprint density at radius 1 is 0.905 bits per heavy atom. The molecule has 2 aliphatic heterocycles. The van der Waals surface area contributed by atoms with Gasteiger partial charge in [0.25, 0.3) is 0 Å². The molecule has 2 heterocycles. The fourth-order valence-corrected chi connectivity index (χ4v) is 4.02. The SMILES string of the molecule is CC(C)(C)CN1CCC(CC(C)(C)N2CCOCC2)CC1. The highest BCUT2D eigenvalue weighted by Gasteiger charge is 2.32. The van der Waals surface area contributed by atoms with E-state index in [1.54, 1.807) is 0 Å². The molecule has 0 aromatic rings. The highest BCUT2D eigenvalue weighted by molar-refractivity contribution is 4.87. The van der Waals surface area contributed by atoms with Crippen molar-refractivity contribution in [2.45, 2.75) is 59.4 Å². The maximum Gasteiger partial charge on any atom is 0.0594 e. The van der Waals surface area contributed by atoms with Crippen LogP contribution in [0.3, 0.4) is 0 Å². The number of hydrogen-bond donors (Lipinski definition) is 0. The van der Waals surface area contributed by atoms with Crippen molar-refractivity contribution in [3.05, 3.63) is 0 Å². The number of morpholine rings is 1. The molecule has 0 unspecified atom stereocenters. The summed E-state index contributed by atoms with van der Waals surface area (Å²) >= 11 is 0. The minimum absolute atomic E-state index is 0.334. The van der Waals surface area contributed by atoms with Gasteiger partial charge in [-0.05, 0) is 57.5 Å². The quantitative estimate of drug-likeness (QED) is 0.792. The molecule has 0 saturated carbocycles. The van der Waals surface area contributed by atoms with Crippen LogP contribution in [0.2, 0.25) is 0 Å². The van der Waals surface area contributed by atoms with Crippen molar-refractivity contribution in [1.29, 1.82) is 0 Å². The Morgan fingerprint density at radius 3 is 2.00 bits per heavy atom. The second-order valence-electron chi connectivity index (χ2n) is 8.90. The van der Waals surface area contributed by atoms with E-state index in [0.717, 1.165) is 32.2 Å². The van der Waals surface area contributed by atoms with Gasteiger partial charge in [-0.25, -0.2) is 0 Å². The lowest BCUT2D eigenvalue weighted by molar-refractivity contribution is -0.0218. The number of piperidine rings is 1. The first-order valence-electron chi connectivity index (χ1n) is 8.81. The third-order valence-electron chi connectivity index (χ3n) is 5.06. The summed E-state index contributed by atoms with van der Waals surface area (Å²) < 4.78 is 5.50. The molecule has 0 bridgehead atoms. The molecule has 0 aliphatic carbocycles. The van der Waals surface area contributed by atoms with Crippen molar-refractivity contribution < 1.29 is 4.74 Å². The van der Waals surface area contributed by atoms with E-state index in [-0.39, 0.29) is 0 Å². The highest BCUT2D eigenvalue weighted by atomic mass is 16.5. The van der Waals surface area contributed by atoms with Crippen LogP contribution in [0.4, 0.5) is 0 Å². The first kappa shape index (κ1) is 17.2. The summed E-state index contributed by atoms with van der Waals surface area (Å²) in [6, 6.07) is 0. The second kappa shape index (κ2) is 6.97. The second-order valence-corrected chi connectivity index (χ2v) is 8.90. The molecule has 2 aliphatic rings. The van der Waals surface area contributed by atoms with Gasteiger partial charge in [-0.1, -0.05) is 20.8 Å². The average Bonchev–Trinajstić information content (AvgIpc) is 2.40. The Balaban J connectivity index is 1.77. The van der Waals surface area contributed by atoms with Crippen LogP contribution in [-0.4, -0.2) is 61.3 Å². The third kappa shape index (κ3) is 5.54. The smallest absolute Gasteiger partial charge is 0.0594 e. The number of likely N-dealkylation sites (tertiary alicyclic amines) is 1. The van der Waals surface area contributed by atoms with Gasteiger partial charge in [-0.2, -0.15) is 0 Å². The number of rotatable bonds is 4. The van der Waals surface area contributed by atoms with Crippen molar-refractivity contribution in [2.24, 2.45) is 11.3 Å². The summed E-state index contributed by atoms with van der Waals surface area (Å²) in [6.07, 6.45) is 4.10.